The number of benzene rings is 1. The van der Waals surface area contributed by atoms with Crippen molar-refractivity contribution >= 4 is 17.8 Å². The molecule has 2 aliphatic heterocycles. The van der Waals surface area contributed by atoms with Crippen LogP contribution in [0.1, 0.15) is 135 Å². The number of ether oxygens (including phenoxy) is 3. The third kappa shape index (κ3) is 11.8. The number of carbonyl (C=O) groups excluding carboxylic acids is 3. The highest BCUT2D eigenvalue weighted by molar-refractivity contribution is 5.90. The summed E-state index contributed by atoms with van der Waals surface area (Å²) < 4.78 is 18.5. The molecule has 1 amide bonds. The van der Waals surface area contributed by atoms with Gasteiger partial charge in [-0.1, -0.05) is 38.2 Å². The van der Waals surface area contributed by atoms with Gasteiger partial charge in [-0.05, 0) is 127 Å². The summed E-state index contributed by atoms with van der Waals surface area (Å²) in [4.78, 5) is 40.6. The molecule has 2 aliphatic carbocycles. The van der Waals surface area contributed by atoms with Crippen LogP contribution >= 0.6 is 0 Å². The summed E-state index contributed by atoms with van der Waals surface area (Å²) in [6, 6.07) is 5.74. The number of amides is 1. The minimum absolute atomic E-state index is 0.0100. The van der Waals surface area contributed by atoms with Crippen LogP contribution in [0, 0.1) is 17.3 Å². The summed E-state index contributed by atoms with van der Waals surface area (Å²) in [5.74, 6) is -0.817. The van der Waals surface area contributed by atoms with Gasteiger partial charge in [-0.15, -0.1) is 0 Å². The highest BCUT2D eigenvalue weighted by Gasteiger charge is 2.54. The maximum Gasteiger partial charge on any atom is 0.332 e. The normalized spacial score (nSPS) is 25.7. The largest absolute Gasteiger partial charge is 0.504 e. The zero-order valence-corrected chi connectivity index (χ0v) is 33.6. The molecular weight excluding hydrogens is 702 g/mol. The number of piperidine rings is 2. The lowest BCUT2D eigenvalue weighted by atomic mass is 9.66. The van der Waals surface area contributed by atoms with Crippen LogP contribution in [0.3, 0.4) is 0 Å². The summed E-state index contributed by atoms with van der Waals surface area (Å²) in [5, 5.41) is 42.1. The van der Waals surface area contributed by atoms with E-state index in [0.29, 0.717) is 95.6 Å². The number of aliphatic hydroxyl groups excluding tert-OH is 2. The lowest BCUT2D eigenvalue weighted by Gasteiger charge is -2.49. The number of methoxy groups -OCH3 is 1. The number of aromatic hydroxyl groups is 1. The Hall–Kier alpha value is -2.93. The summed E-state index contributed by atoms with van der Waals surface area (Å²) in [6.07, 6.45) is 11.8. The van der Waals surface area contributed by atoms with Crippen LogP contribution in [0.5, 0.6) is 11.5 Å². The number of nitrogens with one attached hydrogen (secondary N) is 3. The van der Waals surface area contributed by atoms with Crippen molar-refractivity contribution in [2.45, 2.75) is 172 Å². The van der Waals surface area contributed by atoms with Gasteiger partial charge in [0.05, 0.1) is 19.3 Å². The molecule has 310 valence electrons. The Kier molecular flexibility index (Phi) is 16.1. The van der Waals surface area contributed by atoms with E-state index in [0.717, 1.165) is 37.7 Å². The zero-order valence-electron chi connectivity index (χ0n) is 33.6. The number of phenols is 1. The number of phenolic OH excluding ortho intramolecular Hbond substituents is 1. The van der Waals surface area contributed by atoms with Gasteiger partial charge in [0.15, 0.2) is 11.5 Å². The Morgan fingerprint density at radius 2 is 1.67 bits per heavy atom. The first-order valence-electron chi connectivity index (χ1n) is 21.3. The van der Waals surface area contributed by atoms with E-state index in [1.807, 2.05) is 12.1 Å². The Labute approximate surface area is 328 Å². The molecule has 12 heteroatoms. The molecule has 5 rings (SSSR count). The first-order chi connectivity index (χ1) is 26.4. The minimum atomic E-state index is -1.10. The molecule has 4 fully saturated rings. The van der Waals surface area contributed by atoms with Crippen molar-refractivity contribution in [1.29, 1.82) is 0 Å². The maximum absolute atomic E-state index is 14.8. The number of aliphatic hydroxyl groups is 2. The first kappa shape index (κ1) is 43.2. The van der Waals surface area contributed by atoms with Crippen LogP contribution in [0.4, 0.5) is 0 Å². The van der Waals surface area contributed by atoms with Crippen LogP contribution in [0.25, 0.3) is 0 Å². The minimum Gasteiger partial charge on any atom is -0.504 e. The number of esters is 2. The fourth-order valence-corrected chi connectivity index (χ4v) is 10.0. The van der Waals surface area contributed by atoms with Gasteiger partial charge in [0.2, 0.25) is 5.91 Å². The molecule has 1 aromatic rings. The van der Waals surface area contributed by atoms with E-state index in [2.05, 4.69) is 16.0 Å². The number of rotatable bonds is 19. The average Bonchev–Trinajstić information content (AvgIpc) is 3.17. The number of carbonyl (C=O) groups is 3. The van der Waals surface area contributed by atoms with Crippen LogP contribution < -0.4 is 20.7 Å². The number of hydrogen-bond acceptors (Lipinski definition) is 11. The standard InChI is InChI=1S/C43H69N3O9/c1-29(47)12-14-32(15-17-35(49)28-45-34-10-5-4-6-11-34)37(54-30(2)48)26-39(55-41(52)43-20-8-7-9-33(43)16-19-40(51)46-43)42(21-23-44-24-22-42)27-31-13-18-36(50)38(25-31)53-3/h13,18,25,29,32-35,37,39,44-45,47,49-50H,4-12,14-17,19-24,26-28H2,1-3H3,(H,46,51). The predicted octanol–water partition coefficient (Wildman–Crippen LogP) is 5.23. The Bertz CT molecular complexity index is 1400. The first-order valence-corrected chi connectivity index (χ1v) is 21.3. The van der Waals surface area contributed by atoms with Crippen LogP contribution in [0.15, 0.2) is 18.2 Å². The highest BCUT2D eigenvalue weighted by Crippen LogP contribution is 2.46. The van der Waals surface area contributed by atoms with Crippen molar-refractivity contribution in [3.63, 3.8) is 0 Å². The zero-order chi connectivity index (χ0) is 39.4. The Balaban J connectivity index is 1.47. The van der Waals surface area contributed by atoms with Crippen molar-refractivity contribution in [2.75, 3.05) is 26.7 Å². The molecule has 0 spiro atoms. The van der Waals surface area contributed by atoms with E-state index < -0.39 is 47.3 Å². The van der Waals surface area contributed by atoms with Crippen LogP contribution in [-0.2, 0) is 30.3 Å². The van der Waals surface area contributed by atoms with Crippen LogP contribution in [-0.4, -0.2) is 95.9 Å². The average molecular weight is 772 g/mol. The molecule has 4 aliphatic rings. The van der Waals surface area contributed by atoms with Gasteiger partial charge in [-0.25, -0.2) is 4.79 Å². The van der Waals surface area contributed by atoms with E-state index in [4.69, 9.17) is 14.2 Å². The summed E-state index contributed by atoms with van der Waals surface area (Å²) in [7, 11) is 1.52. The van der Waals surface area contributed by atoms with E-state index in [1.165, 1.54) is 33.3 Å². The lowest BCUT2D eigenvalue weighted by Crippen LogP contribution is -2.65. The predicted molar refractivity (Wildman–Crippen MR) is 210 cm³/mol. The third-order valence-electron chi connectivity index (χ3n) is 13.2. The van der Waals surface area contributed by atoms with Gasteiger partial charge in [0.25, 0.3) is 0 Å². The molecule has 0 aromatic heterocycles. The van der Waals surface area contributed by atoms with Gasteiger partial charge >= 0.3 is 11.9 Å². The second-order valence-corrected chi connectivity index (χ2v) is 17.2. The molecule has 2 saturated carbocycles. The summed E-state index contributed by atoms with van der Waals surface area (Å²) in [6.45, 7) is 5.03. The van der Waals surface area contributed by atoms with E-state index >= 15 is 0 Å². The molecule has 7 atom stereocenters. The molecule has 6 N–H and O–H groups in total. The third-order valence-corrected chi connectivity index (χ3v) is 13.2. The van der Waals surface area contributed by atoms with Gasteiger partial charge in [-0.2, -0.15) is 0 Å². The van der Waals surface area contributed by atoms with E-state index in [9.17, 15) is 29.7 Å². The summed E-state index contributed by atoms with van der Waals surface area (Å²) in [5.41, 5.74) is -0.765. The van der Waals surface area contributed by atoms with Crippen molar-refractivity contribution in [3.05, 3.63) is 23.8 Å². The molecule has 7 unspecified atom stereocenters. The SMILES string of the molecule is COc1cc(CC2(C(CC(OC(C)=O)C(CCC(C)O)CCC(O)CNC3CCCCC3)OC(=O)C34CCCCC3CCC(=O)N4)CCNCC2)ccc1O. The van der Waals surface area contributed by atoms with E-state index in [-0.39, 0.29) is 29.9 Å². The topological polar surface area (TPSA) is 176 Å². The highest BCUT2D eigenvalue weighted by atomic mass is 16.6. The number of fused-ring (bicyclic) bond motifs is 1. The number of hydrogen-bond donors (Lipinski definition) is 6. The smallest absolute Gasteiger partial charge is 0.332 e. The lowest BCUT2D eigenvalue weighted by molar-refractivity contribution is -0.179. The van der Waals surface area contributed by atoms with Gasteiger partial charge in [0, 0.05) is 37.8 Å². The second-order valence-electron chi connectivity index (χ2n) is 17.2. The maximum atomic E-state index is 14.8. The second kappa shape index (κ2) is 20.5. The summed E-state index contributed by atoms with van der Waals surface area (Å²) >= 11 is 0. The molecule has 2 saturated heterocycles. The van der Waals surface area contributed by atoms with Gasteiger partial charge < -0.3 is 45.5 Å². The van der Waals surface area contributed by atoms with Gasteiger partial charge in [-0.3, -0.25) is 9.59 Å². The molecule has 55 heavy (non-hydrogen) atoms. The molecule has 0 bridgehead atoms. The van der Waals surface area contributed by atoms with Crippen molar-refractivity contribution < 1.29 is 43.9 Å². The molecule has 1 aromatic carbocycles. The van der Waals surface area contributed by atoms with Crippen molar-refractivity contribution in [2.24, 2.45) is 17.3 Å². The quantitative estimate of drug-likeness (QED) is 0.102. The molecule has 0 radical (unpaired) electrons. The van der Waals surface area contributed by atoms with Gasteiger partial charge in [0.1, 0.15) is 17.7 Å². The van der Waals surface area contributed by atoms with E-state index in [1.54, 1.807) is 13.0 Å². The monoisotopic (exact) mass is 772 g/mol. The fraction of sp³-hybridized carbons (Fsp3) is 0.791. The van der Waals surface area contributed by atoms with Crippen molar-refractivity contribution in [1.82, 2.24) is 16.0 Å². The fourth-order valence-electron chi connectivity index (χ4n) is 10.0. The van der Waals surface area contributed by atoms with Crippen molar-refractivity contribution in [3.8, 4) is 11.5 Å². The molecule has 2 heterocycles. The molecular formula is C43H69N3O9. The van der Waals surface area contributed by atoms with Crippen LogP contribution in [0.2, 0.25) is 0 Å². The Morgan fingerprint density at radius 3 is 2.38 bits per heavy atom. The molecule has 12 nitrogen and oxygen atoms in total. The Morgan fingerprint density at radius 1 is 0.945 bits per heavy atom.